The first-order chi connectivity index (χ1) is 15.7. The standard InChI is InChI=1S/C11H16FN4O14P3/c12-3-1-2-11(13)8(18)6(28-9(11)16-10(19)15-7(17)4-14-16)5-27-32(23,24)30-33(25,26)29-31(20,21)22/h4,6,8-9,18H,3,5,13H2,(H,23,24)(H,25,26)(H,15,17,19)(H2,20,21,22)/t6-,8+,9-,11?/m1/s1/i5D2. The Balaban J connectivity index is 2.43. The number of hydrogen-bond acceptors (Lipinski definition) is 12. The van der Waals surface area contributed by atoms with Gasteiger partial charge in [-0.25, -0.2) is 22.9 Å². The van der Waals surface area contributed by atoms with Crippen LogP contribution in [-0.2, 0) is 31.6 Å². The highest BCUT2D eigenvalue weighted by Crippen LogP contribution is 2.66. The van der Waals surface area contributed by atoms with E-state index in [2.05, 4.69) is 18.2 Å². The third-order valence-corrected chi connectivity index (χ3v) is 7.16. The molecule has 0 bridgehead atoms. The highest BCUT2D eigenvalue weighted by molar-refractivity contribution is 7.66. The fourth-order valence-corrected chi connectivity index (χ4v) is 5.22. The normalized spacial score (nSPS) is 30.3. The molecular weight excluding hydrogens is 524 g/mol. The minimum Gasteiger partial charge on any atom is -0.387 e. The summed E-state index contributed by atoms with van der Waals surface area (Å²) in [6, 6.07) is 0. The van der Waals surface area contributed by atoms with Crippen molar-refractivity contribution in [1.82, 2.24) is 14.8 Å². The molecule has 0 spiro atoms. The zero-order valence-corrected chi connectivity index (χ0v) is 18.3. The maximum Gasteiger partial charge on any atom is 0.490 e. The van der Waals surface area contributed by atoms with Crippen LogP contribution in [0.4, 0.5) is 4.39 Å². The van der Waals surface area contributed by atoms with Gasteiger partial charge in [0.25, 0.3) is 5.56 Å². The predicted molar refractivity (Wildman–Crippen MR) is 99.5 cm³/mol. The van der Waals surface area contributed by atoms with Crippen LogP contribution in [-0.4, -0.2) is 70.4 Å². The second kappa shape index (κ2) is 9.94. The lowest BCUT2D eigenvalue weighted by atomic mass is 9.92. The van der Waals surface area contributed by atoms with Gasteiger partial charge in [-0.1, -0.05) is 11.8 Å². The van der Waals surface area contributed by atoms with Crippen LogP contribution in [0.5, 0.6) is 0 Å². The van der Waals surface area contributed by atoms with Gasteiger partial charge in [-0.3, -0.25) is 14.3 Å². The third kappa shape index (κ3) is 7.18. The van der Waals surface area contributed by atoms with E-state index in [4.69, 9.17) is 23.0 Å². The lowest BCUT2D eigenvalue weighted by Gasteiger charge is -2.26. The molecule has 1 saturated heterocycles. The number of aliphatic hydroxyl groups is 1. The number of aromatic nitrogens is 3. The van der Waals surface area contributed by atoms with Crippen LogP contribution in [0, 0.1) is 11.8 Å². The molecule has 22 heteroatoms. The number of alkyl halides is 1. The zero-order chi connectivity index (χ0) is 27.0. The summed E-state index contributed by atoms with van der Waals surface area (Å²) in [5.74, 6) is 3.80. The van der Waals surface area contributed by atoms with Gasteiger partial charge in [0.05, 0.1) is 9.30 Å². The molecule has 2 heterocycles. The summed E-state index contributed by atoms with van der Waals surface area (Å²) in [4.78, 5) is 60.9. The van der Waals surface area contributed by atoms with Crippen LogP contribution < -0.4 is 17.0 Å². The molecular formula is C11H16FN4O14P3. The maximum absolute atomic E-state index is 12.6. The number of phosphoric ester groups is 1. The van der Waals surface area contributed by atoms with E-state index >= 15 is 0 Å². The highest BCUT2D eigenvalue weighted by Gasteiger charge is 2.56. The van der Waals surface area contributed by atoms with Crippen molar-refractivity contribution in [2.24, 2.45) is 5.73 Å². The number of halogens is 1. The fourth-order valence-electron chi connectivity index (χ4n) is 2.34. The van der Waals surface area contributed by atoms with Crippen molar-refractivity contribution < 1.29 is 63.4 Å². The number of aromatic amines is 1. The third-order valence-electron chi connectivity index (χ3n) is 3.49. The molecule has 6 atom stereocenters. The molecule has 8 N–H and O–H groups in total. The molecule has 1 aromatic heterocycles. The van der Waals surface area contributed by atoms with Crippen molar-refractivity contribution in [3.63, 3.8) is 0 Å². The number of nitrogens with zero attached hydrogens (tertiary/aromatic N) is 2. The molecule has 33 heavy (non-hydrogen) atoms. The Morgan fingerprint density at radius 2 is 1.94 bits per heavy atom. The maximum atomic E-state index is 12.6. The topological polar surface area (TPSA) is 283 Å². The molecule has 186 valence electrons. The smallest absolute Gasteiger partial charge is 0.387 e. The molecule has 0 aliphatic carbocycles. The first-order valence-electron chi connectivity index (χ1n) is 8.94. The second-order valence-electron chi connectivity index (χ2n) is 5.91. The van der Waals surface area contributed by atoms with Crippen LogP contribution in [0.25, 0.3) is 0 Å². The average Bonchev–Trinajstić information content (AvgIpc) is 2.88. The Morgan fingerprint density at radius 3 is 2.48 bits per heavy atom. The summed E-state index contributed by atoms with van der Waals surface area (Å²) in [7, 11) is -17.9. The van der Waals surface area contributed by atoms with Crippen molar-refractivity contribution >= 4 is 23.5 Å². The van der Waals surface area contributed by atoms with Gasteiger partial charge < -0.3 is 35.2 Å². The predicted octanol–water partition coefficient (Wildman–Crippen LogP) is -2.80. The van der Waals surface area contributed by atoms with Gasteiger partial charge >= 0.3 is 29.2 Å². The van der Waals surface area contributed by atoms with Gasteiger partial charge in [0.1, 0.15) is 25.1 Å². The van der Waals surface area contributed by atoms with E-state index in [-0.39, 0.29) is 4.68 Å². The van der Waals surface area contributed by atoms with Crippen LogP contribution >= 0.6 is 23.5 Å². The van der Waals surface area contributed by atoms with E-state index < -0.39 is 71.9 Å². The van der Waals surface area contributed by atoms with Crippen LogP contribution in [0.15, 0.2) is 15.8 Å². The lowest BCUT2D eigenvalue weighted by Crippen LogP contribution is -2.55. The molecule has 1 aromatic rings. The molecule has 1 fully saturated rings. The van der Waals surface area contributed by atoms with E-state index in [1.807, 2.05) is 11.8 Å². The van der Waals surface area contributed by atoms with Crippen molar-refractivity contribution in [3.05, 3.63) is 27.0 Å². The van der Waals surface area contributed by atoms with Crippen LogP contribution in [0.3, 0.4) is 0 Å². The minimum atomic E-state index is -6.09. The van der Waals surface area contributed by atoms with Gasteiger partial charge in [-0.15, -0.1) is 0 Å². The van der Waals surface area contributed by atoms with E-state index in [1.54, 1.807) is 4.98 Å². The minimum absolute atomic E-state index is 0.276. The van der Waals surface area contributed by atoms with Crippen LogP contribution in [0.2, 0.25) is 0 Å². The summed E-state index contributed by atoms with van der Waals surface area (Å²) in [5, 5.41) is 14.0. The van der Waals surface area contributed by atoms with E-state index in [9.17, 15) is 42.6 Å². The number of H-pyrrole nitrogens is 1. The number of nitrogens with two attached hydrogens (primary N) is 1. The van der Waals surface area contributed by atoms with Gasteiger partial charge in [0.15, 0.2) is 11.8 Å². The quantitative estimate of drug-likeness (QED) is 0.129. The lowest BCUT2D eigenvalue weighted by molar-refractivity contribution is -0.0520. The summed E-state index contributed by atoms with van der Waals surface area (Å²) in [6.07, 6.45) is -6.43. The Kier molecular flexibility index (Phi) is 7.38. The first-order valence-corrected chi connectivity index (χ1v) is 12.5. The van der Waals surface area contributed by atoms with Gasteiger partial charge in [0, 0.05) is 0 Å². The average molecular weight is 542 g/mol. The van der Waals surface area contributed by atoms with E-state index in [0.717, 1.165) is 0 Å². The fraction of sp³-hybridized carbons (Fsp3) is 0.545. The summed E-state index contributed by atoms with van der Waals surface area (Å²) in [6.45, 7) is -5.06. The first kappa shape index (κ1) is 24.5. The number of aliphatic hydroxyl groups excluding tert-OH is 1. The Morgan fingerprint density at radius 1 is 1.30 bits per heavy atom. The van der Waals surface area contributed by atoms with E-state index in [0.29, 0.717) is 6.20 Å². The van der Waals surface area contributed by atoms with Crippen molar-refractivity contribution in [2.45, 2.75) is 24.0 Å². The molecule has 1 aliphatic rings. The molecule has 0 saturated carbocycles. The number of phosphoric acid groups is 3. The largest absolute Gasteiger partial charge is 0.490 e. The SMILES string of the molecule is [2H]C([2H])(OP(=O)(O)OP(=O)(O)OP(=O)(O)O)[C@H]1O[C@@H](n2ncc(=O)[nH]c2=O)C(N)(C#CCF)[C@H]1O. The van der Waals surface area contributed by atoms with Crippen molar-refractivity contribution in [2.75, 3.05) is 13.2 Å². The Bertz CT molecular complexity index is 1290. The molecule has 18 nitrogen and oxygen atoms in total. The second-order valence-corrected chi connectivity index (χ2v) is 10.3. The number of rotatable bonds is 8. The molecule has 1 aliphatic heterocycles. The van der Waals surface area contributed by atoms with Crippen molar-refractivity contribution in [3.8, 4) is 11.8 Å². The molecule has 3 unspecified atom stereocenters. The van der Waals surface area contributed by atoms with E-state index in [1.165, 1.54) is 0 Å². The molecule has 0 aromatic carbocycles. The monoisotopic (exact) mass is 542 g/mol. The number of ether oxygens (including phenoxy) is 1. The number of nitrogens with one attached hydrogen (secondary N) is 1. The Hall–Kier alpha value is -1.61. The summed E-state index contributed by atoms with van der Waals surface area (Å²) >= 11 is 0. The number of hydrogen-bond donors (Lipinski definition) is 7. The molecule has 2 rings (SSSR count). The van der Waals surface area contributed by atoms with Crippen LogP contribution in [0.1, 0.15) is 8.97 Å². The zero-order valence-electron chi connectivity index (χ0n) is 17.6. The molecule has 0 amide bonds. The van der Waals surface area contributed by atoms with Gasteiger partial charge in [0.2, 0.25) is 0 Å². The highest BCUT2D eigenvalue weighted by atomic mass is 31.3. The van der Waals surface area contributed by atoms with Crippen molar-refractivity contribution in [1.29, 1.82) is 0 Å². The molecule has 0 radical (unpaired) electrons. The summed E-state index contributed by atoms with van der Waals surface area (Å²) in [5.41, 5.74) is 1.05. The van der Waals surface area contributed by atoms with Gasteiger partial charge in [-0.05, 0) is 0 Å². The van der Waals surface area contributed by atoms with Gasteiger partial charge in [-0.2, -0.15) is 18.4 Å². The Labute approximate surface area is 184 Å². The summed E-state index contributed by atoms with van der Waals surface area (Å²) < 4.78 is 78.8.